The first kappa shape index (κ1) is 22.9. The second-order valence-corrected chi connectivity index (χ2v) is 7.81. The van der Waals surface area contributed by atoms with Crippen LogP contribution in [-0.2, 0) is 0 Å². The molecule has 0 spiro atoms. The zero-order chi connectivity index (χ0) is 22.4. The Morgan fingerprint density at radius 3 is 2.42 bits per heavy atom. The molecule has 1 amide bonds. The van der Waals surface area contributed by atoms with Crippen LogP contribution < -0.4 is 14.8 Å². The SMILES string of the molecule is CCC(NC(=O)c1ccc(OC)nc1)[C@H]1CC[C@@H](c2ccnc(OC)c2C(F)F)CC1. The number of hydrogen-bond acceptors (Lipinski definition) is 5. The molecule has 0 saturated heterocycles. The summed E-state index contributed by atoms with van der Waals surface area (Å²) in [6.45, 7) is 2.05. The molecule has 2 aromatic rings. The monoisotopic (exact) mass is 433 g/mol. The van der Waals surface area contributed by atoms with Gasteiger partial charge in [0, 0.05) is 24.5 Å². The Morgan fingerprint density at radius 2 is 1.87 bits per heavy atom. The Kier molecular flexibility index (Phi) is 7.76. The van der Waals surface area contributed by atoms with Crippen LogP contribution in [0, 0.1) is 5.92 Å². The van der Waals surface area contributed by atoms with Crippen LogP contribution >= 0.6 is 0 Å². The van der Waals surface area contributed by atoms with E-state index in [0.717, 1.165) is 32.1 Å². The van der Waals surface area contributed by atoms with Crippen LogP contribution in [0.25, 0.3) is 0 Å². The highest BCUT2D eigenvalue weighted by Crippen LogP contribution is 2.42. The molecule has 8 heteroatoms. The molecule has 31 heavy (non-hydrogen) atoms. The van der Waals surface area contributed by atoms with Crippen LogP contribution in [0.15, 0.2) is 30.6 Å². The van der Waals surface area contributed by atoms with Crippen molar-refractivity contribution in [1.82, 2.24) is 15.3 Å². The molecule has 0 radical (unpaired) electrons. The Morgan fingerprint density at radius 1 is 1.13 bits per heavy atom. The van der Waals surface area contributed by atoms with E-state index in [1.807, 2.05) is 6.92 Å². The highest BCUT2D eigenvalue weighted by molar-refractivity contribution is 5.94. The Bertz CT molecular complexity index is 869. The third-order valence-electron chi connectivity index (χ3n) is 6.14. The quantitative estimate of drug-likeness (QED) is 0.640. The molecule has 1 atom stereocenters. The van der Waals surface area contributed by atoms with Crippen LogP contribution in [0.1, 0.15) is 72.9 Å². The van der Waals surface area contributed by atoms with Gasteiger partial charge in [-0.1, -0.05) is 6.92 Å². The number of ether oxygens (including phenoxy) is 2. The lowest BCUT2D eigenvalue weighted by molar-refractivity contribution is 0.0908. The third kappa shape index (κ3) is 5.29. The van der Waals surface area contributed by atoms with E-state index in [9.17, 15) is 13.6 Å². The summed E-state index contributed by atoms with van der Waals surface area (Å²) in [6.07, 6.45) is 4.50. The summed E-state index contributed by atoms with van der Waals surface area (Å²) >= 11 is 0. The van der Waals surface area contributed by atoms with E-state index in [-0.39, 0.29) is 29.3 Å². The Labute approximate surface area is 181 Å². The third-order valence-corrected chi connectivity index (χ3v) is 6.14. The number of carbonyl (C=O) groups excluding carboxylic acids is 1. The largest absolute Gasteiger partial charge is 0.481 e. The second-order valence-electron chi connectivity index (χ2n) is 7.81. The van der Waals surface area contributed by atoms with E-state index in [2.05, 4.69) is 15.3 Å². The van der Waals surface area contributed by atoms with Gasteiger partial charge in [-0.2, -0.15) is 0 Å². The molecule has 2 aromatic heterocycles. The number of halogens is 2. The molecular weight excluding hydrogens is 404 g/mol. The van der Waals surface area contributed by atoms with Gasteiger partial charge in [-0.25, -0.2) is 18.7 Å². The molecule has 3 rings (SSSR count). The van der Waals surface area contributed by atoms with Gasteiger partial charge in [0.25, 0.3) is 12.3 Å². The number of alkyl halides is 2. The summed E-state index contributed by atoms with van der Waals surface area (Å²) in [5.41, 5.74) is 1.01. The van der Waals surface area contributed by atoms with Crippen LogP contribution in [0.3, 0.4) is 0 Å². The Hall–Kier alpha value is -2.77. The molecule has 0 aromatic carbocycles. The van der Waals surface area contributed by atoms with Gasteiger partial charge in [0.2, 0.25) is 11.8 Å². The van der Waals surface area contributed by atoms with Gasteiger partial charge < -0.3 is 14.8 Å². The normalized spacial score (nSPS) is 19.7. The Balaban J connectivity index is 1.64. The predicted octanol–water partition coefficient (Wildman–Crippen LogP) is 4.91. The average Bonchev–Trinajstić information content (AvgIpc) is 2.81. The average molecular weight is 433 g/mol. The van der Waals surface area contributed by atoms with Crippen molar-refractivity contribution in [3.63, 3.8) is 0 Å². The summed E-state index contributed by atoms with van der Waals surface area (Å²) < 4.78 is 37.4. The summed E-state index contributed by atoms with van der Waals surface area (Å²) in [6, 6.07) is 5.06. The lowest BCUT2D eigenvalue weighted by Gasteiger charge is -2.34. The molecular formula is C23H29F2N3O3. The fraction of sp³-hybridized carbons (Fsp3) is 0.522. The summed E-state index contributed by atoms with van der Waals surface area (Å²) in [5.74, 6) is 0.633. The van der Waals surface area contributed by atoms with Crippen molar-refractivity contribution in [3.05, 3.63) is 47.3 Å². The number of aromatic nitrogens is 2. The van der Waals surface area contributed by atoms with E-state index in [1.54, 1.807) is 18.2 Å². The summed E-state index contributed by atoms with van der Waals surface area (Å²) in [5, 5.41) is 3.12. The first-order chi connectivity index (χ1) is 15.0. The van der Waals surface area contributed by atoms with Crippen molar-refractivity contribution in [1.29, 1.82) is 0 Å². The maximum Gasteiger partial charge on any atom is 0.269 e. The second kappa shape index (κ2) is 10.5. The molecule has 1 aliphatic rings. The van der Waals surface area contributed by atoms with Crippen molar-refractivity contribution in [2.45, 2.75) is 57.4 Å². The first-order valence-electron chi connectivity index (χ1n) is 10.6. The number of pyridine rings is 2. The number of rotatable bonds is 8. The molecule has 1 aliphatic carbocycles. The van der Waals surface area contributed by atoms with Crippen LogP contribution in [0.5, 0.6) is 11.8 Å². The maximum atomic E-state index is 13.7. The van der Waals surface area contributed by atoms with E-state index in [4.69, 9.17) is 9.47 Å². The van der Waals surface area contributed by atoms with E-state index < -0.39 is 6.43 Å². The standard InChI is InChI=1S/C23H29F2N3O3/c1-4-18(28-22(29)16-9-10-19(30-2)27-13-16)15-7-5-14(6-8-15)17-11-12-26-23(31-3)20(17)21(24)25/h9-15,18,21H,4-8H2,1-3H3,(H,28,29)/t14-,15+,18?. The minimum Gasteiger partial charge on any atom is -0.481 e. The van der Waals surface area contributed by atoms with Crippen molar-refractivity contribution in [2.75, 3.05) is 14.2 Å². The van der Waals surface area contributed by atoms with E-state index in [1.165, 1.54) is 26.6 Å². The van der Waals surface area contributed by atoms with E-state index >= 15 is 0 Å². The van der Waals surface area contributed by atoms with Crippen LogP contribution in [0.2, 0.25) is 0 Å². The number of nitrogens with zero attached hydrogens (tertiary/aromatic N) is 2. The number of amides is 1. The maximum absolute atomic E-state index is 13.7. The van der Waals surface area contributed by atoms with Gasteiger partial charge in [0.05, 0.1) is 25.3 Å². The van der Waals surface area contributed by atoms with Gasteiger partial charge in [-0.3, -0.25) is 4.79 Å². The topological polar surface area (TPSA) is 73.3 Å². The molecule has 0 bridgehead atoms. The number of carbonyl (C=O) groups is 1. The fourth-order valence-corrected chi connectivity index (χ4v) is 4.48. The van der Waals surface area contributed by atoms with Crippen molar-refractivity contribution in [2.24, 2.45) is 5.92 Å². The number of methoxy groups -OCH3 is 2. The molecule has 0 aliphatic heterocycles. The molecule has 1 N–H and O–H groups in total. The van der Waals surface area contributed by atoms with Gasteiger partial charge in [-0.15, -0.1) is 0 Å². The zero-order valence-electron chi connectivity index (χ0n) is 18.1. The van der Waals surface area contributed by atoms with E-state index in [0.29, 0.717) is 22.9 Å². The van der Waals surface area contributed by atoms with Crippen LogP contribution in [-0.4, -0.2) is 36.1 Å². The number of nitrogens with one attached hydrogen (secondary N) is 1. The van der Waals surface area contributed by atoms with Crippen molar-refractivity contribution in [3.8, 4) is 11.8 Å². The molecule has 2 heterocycles. The van der Waals surface area contributed by atoms with Crippen molar-refractivity contribution < 1.29 is 23.0 Å². The zero-order valence-corrected chi connectivity index (χ0v) is 18.1. The summed E-state index contributed by atoms with van der Waals surface area (Å²) in [7, 11) is 2.89. The minimum absolute atomic E-state index is 0.00132. The smallest absolute Gasteiger partial charge is 0.269 e. The summed E-state index contributed by atoms with van der Waals surface area (Å²) in [4.78, 5) is 20.7. The van der Waals surface area contributed by atoms with Gasteiger partial charge in [0.1, 0.15) is 0 Å². The lowest BCUT2D eigenvalue weighted by Crippen LogP contribution is -2.41. The number of hydrogen-bond donors (Lipinski definition) is 1. The first-order valence-corrected chi connectivity index (χ1v) is 10.6. The van der Waals surface area contributed by atoms with Gasteiger partial charge in [-0.05, 0) is 61.6 Å². The highest BCUT2D eigenvalue weighted by atomic mass is 19.3. The van der Waals surface area contributed by atoms with Gasteiger partial charge >= 0.3 is 0 Å². The van der Waals surface area contributed by atoms with Gasteiger partial charge in [0.15, 0.2) is 0 Å². The fourth-order valence-electron chi connectivity index (χ4n) is 4.48. The molecule has 1 fully saturated rings. The minimum atomic E-state index is -2.63. The van der Waals surface area contributed by atoms with Crippen LogP contribution in [0.4, 0.5) is 8.78 Å². The molecule has 1 saturated carbocycles. The molecule has 1 unspecified atom stereocenters. The van der Waals surface area contributed by atoms with Crippen molar-refractivity contribution >= 4 is 5.91 Å². The molecule has 6 nitrogen and oxygen atoms in total. The highest BCUT2D eigenvalue weighted by Gasteiger charge is 2.32. The molecule has 168 valence electrons. The predicted molar refractivity (Wildman–Crippen MR) is 113 cm³/mol. The lowest BCUT2D eigenvalue weighted by atomic mass is 9.74.